The summed E-state index contributed by atoms with van der Waals surface area (Å²) >= 11 is 0. The molecule has 20 heavy (non-hydrogen) atoms. The van der Waals surface area contributed by atoms with Gasteiger partial charge in [0.1, 0.15) is 11.7 Å². The van der Waals surface area contributed by atoms with E-state index in [2.05, 4.69) is 13.2 Å². The van der Waals surface area contributed by atoms with E-state index in [1.165, 1.54) is 0 Å². The first kappa shape index (κ1) is 14.5. The Balaban J connectivity index is 2.35. The fraction of sp³-hybridized carbons (Fsp3) is 0.222. The van der Waals surface area contributed by atoms with Crippen LogP contribution in [0.25, 0.3) is 5.57 Å². The highest BCUT2D eigenvalue weighted by molar-refractivity contribution is 5.73. The van der Waals surface area contributed by atoms with Crippen LogP contribution in [0.5, 0.6) is 0 Å². The summed E-state index contributed by atoms with van der Waals surface area (Å²) in [4.78, 5) is 0. The van der Waals surface area contributed by atoms with Crippen molar-refractivity contribution in [1.82, 2.24) is 0 Å². The van der Waals surface area contributed by atoms with Crippen molar-refractivity contribution >= 4 is 5.57 Å². The topological polar surface area (TPSA) is 40.5 Å². The van der Waals surface area contributed by atoms with Crippen LogP contribution in [-0.2, 0) is 6.42 Å². The minimum absolute atomic E-state index is 0.314. The molecule has 1 aliphatic carbocycles. The molecular weight excluding hydrogens is 248 g/mol. The number of hydrogen-bond donors (Lipinski definition) is 2. The molecule has 0 radical (unpaired) electrons. The third-order valence-corrected chi connectivity index (χ3v) is 3.54. The smallest absolute Gasteiger partial charge is 0.116 e. The number of aliphatic hydroxyl groups is 2. The molecule has 2 unspecified atom stereocenters. The van der Waals surface area contributed by atoms with Gasteiger partial charge >= 0.3 is 0 Å². The molecule has 0 spiro atoms. The molecule has 0 bridgehead atoms. The highest BCUT2D eigenvalue weighted by Crippen LogP contribution is 2.33. The quantitative estimate of drug-likeness (QED) is 0.806. The first-order chi connectivity index (χ1) is 9.60. The lowest BCUT2D eigenvalue weighted by Gasteiger charge is -2.33. The van der Waals surface area contributed by atoms with Crippen LogP contribution in [0.15, 0.2) is 67.8 Å². The summed E-state index contributed by atoms with van der Waals surface area (Å²) in [5, 5.41) is 20.9. The first-order valence-electron chi connectivity index (χ1n) is 6.71. The summed E-state index contributed by atoms with van der Waals surface area (Å²) in [7, 11) is 0. The van der Waals surface area contributed by atoms with Gasteiger partial charge in [0, 0.05) is 6.42 Å². The molecule has 0 saturated carbocycles. The molecule has 0 saturated heterocycles. The van der Waals surface area contributed by atoms with Gasteiger partial charge in [-0.25, -0.2) is 0 Å². The lowest BCUT2D eigenvalue weighted by atomic mass is 9.81. The monoisotopic (exact) mass is 268 g/mol. The zero-order chi connectivity index (χ0) is 14.6. The summed E-state index contributed by atoms with van der Waals surface area (Å²) in [5.74, 6) is 0. The number of hydrogen-bond acceptors (Lipinski definition) is 2. The molecule has 1 aliphatic rings. The van der Waals surface area contributed by atoms with Gasteiger partial charge in [0.25, 0.3) is 0 Å². The van der Waals surface area contributed by atoms with Gasteiger partial charge in [0.15, 0.2) is 0 Å². The molecular formula is C18H20O2. The highest BCUT2D eigenvalue weighted by atomic mass is 16.3. The SMILES string of the molecule is C=CCc1cccc(C2=CC=CC(O)(CC=C)C2O)c1. The molecule has 1 aromatic rings. The van der Waals surface area contributed by atoms with Crippen LogP contribution in [-0.4, -0.2) is 21.9 Å². The van der Waals surface area contributed by atoms with Crippen molar-refractivity contribution in [3.05, 3.63) is 78.9 Å². The van der Waals surface area contributed by atoms with Gasteiger partial charge in [-0.1, -0.05) is 48.6 Å². The van der Waals surface area contributed by atoms with Gasteiger partial charge in [-0.3, -0.25) is 0 Å². The van der Waals surface area contributed by atoms with Crippen LogP contribution in [0, 0.1) is 0 Å². The van der Waals surface area contributed by atoms with E-state index in [9.17, 15) is 10.2 Å². The van der Waals surface area contributed by atoms with E-state index in [1.807, 2.05) is 36.4 Å². The van der Waals surface area contributed by atoms with Gasteiger partial charge in [-0.2, -0.15) is 0 Å². The molecule has 0 aliphatic heterocycles. The van der Waals surface area contributed by atoms with E-state index in [0.29, 0.717) is 6.42 Å². The van der Waals surface area contributed by atoms with Gasteiger partial charge in [-0.15, -0.1) is 13.2 Å². The Kier molecular flexibility index (Phi) is 4.38. The fourth-order valence-corrected chi connectivity index (χ4v) is 2.48. The molecule has 2 nitrogen and oxygen atoms in total. The molecule has 2 rings (SSSR count). The van der Waals surface area contributed by atoms with E-state index < -0.39 is 11.7 Å². The second-order valence-electron chi connectivity index (χ2n) is 5.06. The molecule has 0 amide bonds. The Morgan fingerprint density at radius 1 is 1.25 bits per heavy atom. The second kappa shape index (κ2) is 6.04. The van der Waals surface area contributed by atoms with Crippen molar-refractivity contribution < 1.29 is 10.2 Å². The van der Waals surface area contributed by atoms with Crippen molar-refractivity contribution in [3.8, 4) is 0 Å². The van der Waals surface area contributed by atoms with Gasteiger partial charge in [-0.05, 0) is 29.2 Å². The fourth-order valence-electron chi connectivity index (χ4n) is 2.48. The standard InChI is InChI=1S/C18H20O2/c1-3-7-14-8-5-9-15(13-14)16-10-6-12-18(20,11-4-2)17(16)19/h3-6,8-10,12-13,17,19-20H,1-2,7,11H2. The van der Waals surface area contributed by atoms with Gasteiger partial charge < -0.3 is 10.2 Å². The molecule has 104 valence electrons. The Hall–Kier alpha value is -1.90. The molecule has 2 N–H and O–H groups in total. The average molecular weight is 268 g/mol. The maximum absolute atomic E-state index is 10.5. The Morgan fingerprint density at radius 3 is 2.75 bits per heavy atom. The predicted molar refractivity (Wildman–Crippen MR) is 83.2 cm³/mol. The van der Waals surface area contributed by atoms with Crippen LogP contribution in [0.3, 0.4) is 0 Å². The van der Waals surface area contributed by atoms with Crippen LogP contribution in [0.1, 0.15) is 17.5 Å². The van der Waals surface area contributed by atoms with Crippen molar-refractivity contribution in [2.24, 2.45) is 0 Å². The van der Waals surface area contributed by atoms with Crippen LogP contribution in [0.2, 0.25) is 0 Å². The minimum Gasteiger partial charge on any atom is -0.385 e. The highest BCUT2D eigenvalue weighted by Gasteiger charge is 2.36. The van der Waals surface area contributed by atoms with Crippen molar-refractivity contribution in [2.75, 3.05) is 0 Å². The lowest BCUT2D eigenvalue weighted by molar-refractivity contribution is -0.00739. The summed E-state index contributed by atoms with van der Waals surface area (Å²) in [5.41, 5.74) is 1.50. The van der Waals surface area contributed by atoms with E-state index in [1.54, 1.807) is 18.2 Å². The van der Waals surface area contributed by atoms with E-state index in [-0.39, 0.29) is 0 Å². The Morgan fingerprint density at radius 2 is 2.05 bits per heavy atom. The zero-order valence-electron chi connectivity index (χ0n) is 11.5. The molecule has 0 aromatic heterocycles. The van der Waals surface area contributed by atoms with Gasteiger partial charge in [0.2, 0.25) is 0 Å². The van der Waals surface area contributed by atoms with E-state index in [0.717, 1.165) is 23.1 Å². The predicted octanol–water partition coefficient (Wildman–Crippen LogP) is 3.04. The second-order valence-corrected chi connectivity index (χ2v) is 5.06. The van der Waals surface area contributed by atoms with Crippen LogP contribution >= 0.6 is 0 Å². The minimum atomic E-state index is -1.28. The molecule has 2 atom stereocenters. The van der Waals surface area contributed by atoms with Crippen LogP contribution < -0.4 is 0 Å². The summed E-state index contributed by atoms with van der Waals surface area (Å²) in [6.07, 6.45) is 8.85. The van der Waals surface area contributed by atoms with Crippen molar-refractivity contribution in [1.29, 1.82) is 0 Å². The van der Waals surface area contributed by atoms with Gasteiger partial charge in [0.05, 0.1) is 0 Å². The summed E-state index contributed by atoms with van der Waals surface area (Å²) in [6.45, 7) is 7.37. The normalized spacial score (nSPS) is 25.1. The van der Waals surface area contributed by atoms with E-state index in [4.69, 9.17) is 0 Å². The molecule has 0 heterocycles. The zero-order valence-corrected chi connectivity index (χ0v) is 11.5. The Labute approximate surface area is 120 Å². The third kappa shape index (κ3) is 2.82. The van der Waals surface area contributed by atoms with Crippen molar-refractivity contribution in [3.63, 3.8) is 0 Å². The number of benzene rings is 1. The first-order valence-corrected chi connectivity index (χ1v) is 6.71. The number of rotatable bonds is 5. The van der Waals surface area contributed by atoms with Crippen molar-refractivity contribution in [2.45, 2.75) is 24.5 Å². The largest absolute Gasteiger partial charge is 0.385 e. The lowest BCUT2D eigenvalue weighted by Crippen LogP contribution is -2.42. The summed E-state index contributed by atoms with van der Waals surface area (Å²) in [6, 6.07) is 7.93. The molecule has 1 aromatic carbocycles. The average Bonchev–Trinajstić information content (AvgIpc) is 2.43. The molecule has 0 fully saturated rings. The maximum atomic E-state index is 10.5. The van der Waals surface area contributed by atoms with E-state index >= 15 is 0 Å². The number of allylic oxidation sites excluding steroid dienone is 3. The maximum Gasteiger partial charge on any atom is 0.116 e. The third-order valence-electron chi connectivity index (χ3n) is 3.54. The Bertz CT molecular complexity index is 569. The van der Waals surface area contributed by atoms with Crippen LogP contribution in [0.4, 0.5) is 0 Å². The molecule has 2 heteroatoms. The summed E-state index contributed by atoms with van der Waals surface area (Å²) < 4.78 is 0. The number of aliphatic hydroxyl groups excluding tert-OH is 1.